The van der Waals surface area contributed by atoms with Crippen LogP contribution in [-0.2, 0) is 4.74 Å². The fraction of sp³-hybridized carbons (Fsp3) is 0.529. The Kier molecular flexibility index (Phi) is 5.93. The molecule has 24 heavy (non-hydrogen) atoms. The Labute approximate surface area is 153 Å². The number of piperazine rings is 1. The minimum atomic E-state index is -0.487. The summed E-state index contributed by atoms with van der Waals surface area (Å²) in [7, 11) is 0. The molecule has 0 aliphatic carbocycles. The molecular formula is C17H24ClN3O2S. The van der Waals surface area contributed by atoms with E-state index in [1.54, 1.807) is 4.90 Å². The second-order valence-electron chi connectivity index (χ2n) is 6.91. The fourth-order valence-electron chi connectivity index (χ4n) is 2.47. The van der Waals surface area contributed by atoms with Crippen LogP contribution in [0.1, 0.15) is 27.7 Å². The van der Waals surface area contributed by atoms with Crippen LogP contribution in [0.2, 0.25) is 5.02 Å². The van der Waals surface area contributed by atoms with Crippen LogP contribution >= 0.6 is 23.8 Å². The zero-order chi connectivity index (χ0) is 17.9. The molecule has 1 saturated heterocycles. The summed E-state index contributed by atoms with van der Waals surface area (Å²) >= 11 is 11.4. The van der Waals surface area contributed by atoms with Gasteiger partial charge >= 0.3 is 6.09 Å². The molecule has 1 atom stereocenters. The van der Waals surface area contributed by atoms with Crippen molar-refractivity contribution in [3.63, 3.8) is 0 Å². The third-order valence-electron chi connectivity index (χ3n) is 3.64. The molecule has 2 rings (SSSR count). The number of amides is 1. The number of hydrogen-bond acceptors (Lipinski definition) is 3. The predicted octanol–water partition coefficient (Wildman–Crippen LogP) is 3.98. The van der Waals surface area contributed by atoms with Gasteiger partial charge in [0.2, 0.25) is 0 Å². The SMILES string of the molecule is CC1CN(C(=S)Nc2ccc(Cl)cc2)CCN1C(=O)OC(C)(C)C. The van der Waals surface area contributed by atoms with Gasteiger partial charge in [0.1, 0.15) is 5.60 Å². The van der Waals surface area contributed by atoms with Gasteiger partial charge in [-0.2, -0.15) is 0 Å². The summed E-state index contributed by atoms with van der Waals surface area (Å²) in [5, 5.41) is 4.54. The molecule has 132 valence electrons. The molecule has 1 fully saturated rings. The van der Waals surface area contributed by atoms with Crippen LogP contribution in [0.4, 0.5) is 10.5 Å². The quantitative estimate of drug-likeness (QED) is 0.758. The standard InChI is InChI=1S/C17H24ClN3O2S/c1-12-11-20(9-10-21(12)16(22)23-17(2,3)4)15(24)19-14-7-5-13(18)6-8-14/h5-8,12H,9-11H2,1-4H3,(H,19,24). The molecule has 1 aliphatic rings. The highest BCUT2D eigenvalue weighted by molar-refractivity contribution is 7.80. The Morgan fingerprint density at radius 2 is 1.92 bits per heavy atom. The summed E-state index contributed by atoms with van der Waals surface area (Å²) in [6.45, 7) is 9.53. The van der Waals surface area contributed by atoms with Crippen molar-refractivity contribution in [1.29, 1.82) is 0 Å². The maximum absolute atomic E-state index is 12.2. The summed E-state index contributed by atoms with van der Waals surface area (Å²) in [6.07, 6.45) is -0.272. The first-order chi connectivity index (χ1) is 11.2. The number of ether oxygens (including phenoxy) is 1. The van der Waals surface area contributed by atoms with Gasteiger partial charge in [-0.15, -0.1) is 0 Å². The van der Waals surface area contributed by atoms with Gasteiger partial charge in [-0.1, -0.05) is 11.6 Å². The van der Waals surface area contributed by atoms with E-state index in [1.165, 1.54) is 0 Å². The third-order valence-corrected chi connectivity index (χ3v) is 4.25. The molecule has 1 unspecified atom stereocenters. The van der Waals surface area contributed by atoms with E-state index in [0.717, 1.165) is 5.69 Å². The summed E-state index contributed by atoms with van der Waals surface area (Å²) in [5.74, 6) is 0. The molecule has 1 N–H and O–H groups in total. The number of carbonyl (C=O) groups is 1. The number of rotatable bonds is 1. The number of carbonyl (C=O) groups excluding carboxylic acids is 1. The maximum Gasteiger partial charge on any atom is 0.410 e. The van der Waals surface area contributed by atoms with E-state index in [4.69, 9.17) is 28.6 Å². The number of hydrogen-bond donors (Lipinski definition) is 1. The Morgan fingerprint density at radius 3 is 2.46 bits per heavy atom. The van der Waals surface area contributed by atoms with Gasteiger partial charge in [0.05, 0.1) is 0 Å². The van der Waals surface area contributed by atoms with E-state index < -0.39 is 5.60 Å². The molecule has 0 radical (unpaired) electrons. The summed E-state index contributed by atoms with van der Waals surface area (Å²) in [5.41, 5.74) is 0.408. The first-order valence-corrected chi connectivity index (χ1v) is 8.75. The number of nitrogens with zero attached hydrogens (tertiary/aromatic N) is 2. The van der Waals surface area contributed by atoms with Crippen molar-refractivity contribution >= 4 is 40.7 Å². The van der Waals surface area contributed by atoms with Crippen molar-refractivity contribution in [2.45, 2.75) is 39.3 Å². The molecule has 1 aromatic rings. The Morgan fingerprint density at radius 1 is 1.29 bits per heavy atom. The number of benzene rings is 1. The minimum absolute atomic E-state index is 0.0265. The highest BCUT2D eigenvalue weighted by Crippen LogP contribution is 2.18. The summed E-state index contributed by atoms with van der Waals surface area (Å²) in [4.78, 5) is 16.1. The van der Waals surface area contributed by atoms with E-state index in [-0.39, 0.29) is 12.1 Å². The number of anilines is 1. The topological polar surface area (TPSA) is 44.8 Å². The largest absolute Gasteiger partial charge is 0.444 e. The second kappa shape index (κ2) is 7.57. The smallest absolute Gasteiger partial charge is 0.410 e. The Hall–Kier alpha value is -1.53. The minimum Gasteiger partial charge on any atom is -0.444 e. The van der Waals surface area contributed by atoms with Crippen LogP contribution in [-0.4, -0.2) is 52.3 Å². The zero-order valence-electron chi connectivity index (χ0n) is 14.5. The van der Waals surface area contributed by atoms with Gasteiger partial charge in [0, 0.05) is 36.4 Å². The predicted molar refractivity (Wildman–Crippen MR) is 102 cm³/mol. The lowest BCUT2D eigenvalue weighted by molar-refractivity contribution is 0.00790. The average Bonchev–Trinajstić information content (AvgIpc) is 2.47. The van der Waals surface area contributed by atoms with E-state index in [1.807, 2.05) is 52.0 Å². The average molecular weight is 370 g/mol. The summed E-state index contributed by atoms with van der Waals surface area (Å²) in [6, 6.07) is 7.42. The molecule has 0 spiro atoms. The molecular weight excluding hydrogens is 346 g/mol. The number of halogens is 1. The van der Waals surface area contributed by atoms with Gasteiger partial charge in [-0.05, 0) is 64.2 Å². The molecule has 1 aliphatic heterocycles. The summed E-state index contributed by atoms with van der Waals surface area (Å²) < 4.78 is 5.46. The molecule has 1 heterocycles. The van der Waals surface area contributed by atoms with Gasteiger partial charge < -0.3 is 19.9 Å². The highest BCUT2D eigenvalue weighted by Gasteiger charge is 2.31. The number of thiocarbonyl (C=S) groups is 1. The third kappa shape index (κ3) is 5.24. The van der Waals surface area contributed by atoms with E-state index in [2.05, 4.69) is 10.2 Å². The maximum atomic E-state index is 12.2. The first-order valence-electron chi connectivity index (χ1n) is 7.97. The molecule has 0 bridgehead atoms. The van der Waals surface area contributed by atoms with Crippen molar-refractivity contribution in [1.82, 2.24) is 9.80 Å². The van der Waals surface area contributed by atoms with Crippen LogP contribution in [0, 0.1) is 0 Å². The number of nitrogens with one attached hydrogen (secondary N) is 1. The Balaban J connectivity index is 1.91. The van der Waals surface area contributed by atoms with Crippen LogP contribution in [0.5, 0.6) is 0 Å². The lowest BCUT2D eigenvalue weighted by atomic mass is 10.2. The molecule has 0 aromatic heterocycles. The molecule has 1 aromatic carbocycles. The molecule has 5 nitrogen and oxygen atoms in total. The monoisotopic (exact) mass is 369 g/mol. The zero-order valence-corrected chi connectivity index (χ0v) is 16.1. The highest BCUT2D eigenvalue weighted by atomic mass is 35.5. The lowest BCUT2D eigenvalue weighted by Crippen LogP contribution is -2.56. The van der Waals surface area contributed by atoms with Crippen LogP contribution in [0.15, 0.2) is 24.3 Å². The normalized spacial score (nSPS) is 18.3. The van der Waals surface area contributed by atoms with E-state index >= 15 is 0 Å². The van der Waals surface area contributed by atoms with Gasteiger partial charge in [-0.3, -0.25) is 0 Å². The van der Waals surface area contributed by atoms with E-state index in [0.29, 0.717) is 29.8 Å². The molecule has 0 saturated carbocycles. The van der Waals surface area contributed by atoms with Crippen molar-refractivity contribution in [3.8, 4) is 0 Å². The van der Waals surface area contributed by atoms with Crippen LogP contribution < -0.4 is 5.32 Å². The van der Waals surface area contributed by atoms with Crippen molar-refractivity contribution in [3.05, 3.63) is 29.3 Å². The molecule has 1 amide bonds. The lowest BCUT2D eigenvalue weighted by Gasteiger charge is -2.41. The van der Waals surface area contributed by atoms with Gasteiger partial charge in [0.15, 0.2) is 5.11 Å². The van der Waals surface area contributed by atoms with Crippen molar-refractivity contribution in [2.75, 3.05) is 25.0 Å². The Bertz CT molecular complexity index is 601. The fourth-order valence-corrected chi connectivity index (χ4v) is 2.88. The van der Waals surface area contributed by atoms with Gasteiger partial charge in [0.25, 0.3) is 0 Å². The molecule has 7 heteroatoms. The van der Waals surface area contributed by atoms with Crippen LogP contribution in [0.25, 0.3) is 0 Å². The van der Waals surface area contributed by atoms with Crippen molar-refractivity contribution < 1.29 is 9.53 Å². The second-order valence-corrected chi connectivity index (χ2v) is 7.73. The first kappa shape index (κ1) is 18.8. The van der Waals surface area contributed by atoms with Crippen molar-refractivity contribution in [2.24, 2.45) is 0 Å². The van der Waals surface area contributed by atoms with E-state index in [9.17, 15) is 4.79 Å². The van der Waals surface area contributed by atoms with Crippen LogP contribution in [0.3, 0.4) is 0 Å². The van der Waals surface area contributed by atoms with Gasteiger partial charge in [-0.25, -0.2) is 4.79 Å².